The lowest BCUT2D eigenvalue weighted by Crippen LogP contribution is -2.43. The van der Waals surface area contributed by atoms with Gasteiger partial charge >= 0.3 is 0 Å². The molecule has 0 spiro atoms. The molecule has 0 radical (unpaired) electrons. The van der Waals surface area contributed by atoms with Gasteiger partial charge in [0.2, 0.25) is 0 Å². The van der Waals surface area contributed by atoms with Crippen LogP contribution in [-0.4, -0.2) is 14.8 Å². The summed E-state index contributed by atoms with van der Waals surface area (Å²) in [5.41, 5.74) is 3.98. The van der Waals surface area contributed by atoms with Crippen molar-refractivity contribution in [2.75, 3.05) is 6.54 Å². The van der Waals surface area contributed by atoms with E-state index in [0.717, 1.165) is 6.54 Å². The number of hydrogen-bond acceptors (Lipinski definition) is 1. The van der Waals surface area contributed by atoms with Crippen molar-refractivity contribution in [2.24, 2.45) is 0 Å². The number of rotatable bonds is 4. The van der Waals surface area contributed by atoms with E-state index in [1.165, 1.54) is 0 Å². The summed E-state index contributed by atoms with van der Waals surface area (Å²) in [5.74, 6) is 0. The summed E-state index contributed by atoms with van der Waals surface area (Å²) < 4.78 is 0. The van der Waals surface area contributed by atoms with E-state index in [9.17, 15) is 0 Å². The monoisotopic (exact) mass is 141 g/mol. The maximum atomic E-state index is 3.75. The van der Waals surface area contributed by atoms with Gasteiger partial charge in [0.15, 0.2) is 8.24 Å². The van der Waals surface area contributed by atoms with Gasteiger partial charge in [-0.05, 0) is 13.1 Å². The van der Waals surface area contributed by atoms with Crippen LogP contribution in [0.1, 0.15) is 6.92 Å². The lowest BCUT2D eigenvalue weighted by Gasteiger charge is -2.18. The van der Waals surface area contributed by atoms with Gasteiger partial charge in [-0.15, -0.1) is 13.2 Å². The van der Waals surface area contributed by atoms with E-state index >= 15 is 0 Å². The molecule has 2 heteroatoms. The zero-order chi connectivity index (χ0) is 7.33. The van der Waals surface area contributed by atoms with E-state index < -0.39 is 8.24 Å². The Balaban J connectivity index is 3.91. The van der Waals surface area contributed by atoms with E-state index in [0.29, 0.717) is 0 Å². The molecule has 0 atom stereocenters. The molecule has 0 aromatic rings. The molecular formula is C7H15NSi. The highest BCUT2D eigenvalue weighted by atomic mass is 28.3. The molecule has 0 amide bonds. The van der Waals surface area contributed by atoms with Crippen LogP contribution in [0.5, 0.6) is 0 Å². The van der Waals surface area contributed by atoms with Crippen molar-refractivity contribution >= 4 is 8.24 Å². The summed E-state index contributed by atoms with van der Waals surface area (Å²) in [6.07, 6.45) is 0. The van der Waals surface area contributed by atoms with Gasteiger partial charge in [0.25, 0.3) is 0 Å². The van der Waals surface area contributed by atoms with E-state index in [1.807, 2.05) is 11.4 Å². The van der Waals surface area contributed by atoms with Gasteiger partial charge in [-0.3, -0.25) is 0 Å². The van der Waals surface area contributed by atoms with Crippen molar-refractivity contribution in [1.29, 1.82) is 0 Å². The average molecular weight is 141 g/mol. The Morgan fingerprint density at radius 1 is 1.44 bits per heavy atom. The van der Waals surface area contributed by atoms with Crippen LogP contribution in [0.3, 0.4) is 0 Å². The topological polar surface area (TPSA) is 12.0 Å². The molecule has 0 fully saturated rings. The maximum absolute atomic E-state index is 3.75. The summed E-state index contributed by atoms with van der Waals surface area (Å²) in [6, 6.07) is 0. The minimum absolute atomic E-state index is 1.00. The standard InChI is InChI=1S/C7H15NSi/c1-5-8-9(4,6-2)7-3/h6-8H,2-3,5H2,1,4H3. The molecule has 0 bridgehead atoms. The Morgan fingerprint density at radius 2 is 1.89 bits per heavy atom. The Morgan fingerprint density at radius 3 is 2.00 bits per heavy atom. The molecule has 0 aliphatic rings. The highest BCUT2D eigenvalue weighted by Gasteiger charge is 2.15. The lowest BCUT2D eigenvalue weighted by atomic mass is 10.8. The Hall–Kier alpha value is -0.343. The Bertz CT molecular complexity index is 101. The predicted octanol–water partition coefficient (Wildman–Crippen LogP) is 1.62. The third kappa shape index (κ3) is 2.63. The molecule has 0 unspecified atom stereocenters. The second kappa shape index (κ2) is 3.64. The zero-order valence-electron chi connectivity index (χ0n) is 6.28. The summed E-state index contributed by atoms with van der Waals surface area (Å²) >= 11 is 0. The fourth-order valence-corrected chi connectivity index (χ4v) is 1.83. The molecule has 1 nitrogen and oxygen atoms in total. The first-order chi connectivity index (χ1) is 4.18. The van der Waals surface area contributed by atoms with Crippen molar-refractivity contribution < 1.29 is 0 Å². The molecule has 52 valence electrons. The molecule has 9 heavy (non-hydrogen) atoms. The van der Waals surface area contributed by atoms with Gasteiger partial charge in [0.1, 0.15) is 0 Å². The minimum Gasteiger partial charge on any atom is -0.331 e. The average Bonchev–Trinajstić information content (AvgIpc) is 1.89. The van der Waals surface area contributed by atoms with Crippen LogP contribution >= 0.6 is 0 Å². The highest BCUT2D eigenvalue weighted by molar-refractivity contribution is 6.85. The van der Waals surface area contributed by atoms with Gasteiger partial charge in [0, 0.05) is 0 Å². The second-order valence-electron chi connectivity index (χ2n) is 2.22. The largest absolute Gasteiger partial charge is 0.331 e. The Labute approximate surface area is 58.6 Å². The summed E-state index contributed by atoms with van der Waals surface area (Å²) in [5, 5.41) is 0. The molecule has 0 aromatic heterocycles. The summed E-state index contributed by atoms with van der Waals surface area (Å²) in [4.78, 5) is 3.36. The highest BCUT2D eigenvalue weighted by Crippen LogP contribution is 1.97. The SMILES string of the molecule is C=C[Si](C)(C=C)NCC. The van der Waals surface area contributed by atoms with Crippen molar-refractivity contribution in [3.63, 3.8) is 0 Å². The number of hydrogen-bond donors (Lipinski definition) is 1. The van der Waals surface area contributed by atoms with E-state index in [4.69, 9.17) is 0 Å². The third-order valence-electron chi connectivity index (χ3n) is 1.41. The van der Waals surface area contributed by atoms with Gasteiger partial charge in [-0.2, -0.15) is 0 Å². The first-order valence-corrected chi connectivity index (χ1v) is 5.86. The first-order valence-electron chi connectivity index (χ1n) is 3.20. The fourth-order valence-electron chi connectivity index (χ4n) is 0.609. The predicted molar refractivity (Wildman–Crippen MR) is 45.7 cm³/mol. The lowest BCUT2D eigenvalue weighted by molar-refractivity contribution is 0.980. The van der Waals surface area contributed by atoms with Crippen molar-refractivity contribution in [1.82, 2.24) is 4.98 Å². The third-order valence-corrected chi connectivity index (χ3v) is 4.22. The fraction of sp³-hybridized carbons (Fsp3) is 0.429. The summed E-state index contributed by atoms with van der Waals surface area (Å²) in [6.45, 7) is 12.8. The molecule has 0 heterocycles. The molecule has 0 saturated heterocycles. The van der Waals surface area contributed by atoms with E-state index in [-0.39, 0.29) is 0 Å². The Kier molecular flexibility index (Phi) is 3.50. The van der Waals surface area contributed by atoms with E-state index in [2.05, 4.69) is 31.6 Å². The van der Waals surface area contributed by atoms with E-state index in [1.54, 1.807) is 0 Å². The smallest absolute Gasteiger partial charge is 0.171 e. The molecule has 0 aliphatic heterocycles. The van der Waals surface area contributed by atoms with Crippen LogP contribution in [0, 0.1) is 0 Å². The molecule has 0 saturated carbocycles. The summed E-state index contributed by atoms with van der Waals surface area (Å²) in [7, 11) is -1.42. The first kappa shape index (κ1) is 8.66. The molecule has 0 aliphatic carbocycles. The maximum Gasteiger partial charge on any atom is 0.171 e. The van der Waals surface area contributed by atoms with Crippen LogP contribution in [0.4, 0.5) is 0 Å². The quantitative estimate of drug-likeness (QED) is 0.587. The van der Waals surface area contributed by atoms with Crippen LogP contribution < -0.4 is 4.98 Å². The van der Waals surface area contributed by atoms with Crippen LogP contribution in [-0.2, 0) is 0 Å². The van der Waals surface area contributed by atoms with Crippen molar-refractivity contribution in [2.45, 2.75) is 13.5 Å². The number of nitrogens with one attached hydrogen (secondary N) is 1. The molecule has 0 rings (SSSR count). The molecule has 1 N–H and O–H groups in total. The van der Waals surface area contributed by atoms with Crippen LogP contribution in [0.2, 0.25) is 6.55 Å². The van der Waals surface area contributed by atoms with Gasteiger partial charge in [-0.1, -0.05) is 18.3 Å². The van der Waals surface area contributed by atoms with Crippen molar-refractivity contribution in [3.05, 3.63) is 24.6 Å². The second-order valence-corrected chi connectivity index (χ2v) is 5.96. The zero-order valence-corrected chi connectivity index (χ0v) is 7.28. The van der Waals surface area contributed by atoms with Gasteiger partial charge < -0.3 is 4.98 Å². The van der Waals surface area contributed by atoms with Gasteiger partial charge in [-0.25, -0.2) is 0 Å². The van der Waals surface area contributed by atoms with Gasteiger partial charge in [0.05, 0.1) is 0 Å². The minimum atomic E-state index is -1.42. The van der Waals surface area contributed by atoms with Crippen molar-refractivity contribution in [3.8, 4) is 0 Å². The van der Waals surface area contributed by atoms with Crippen LogP contribution in [0.15, 0.2) is 24.6 Å². The normalized spacial score (nSPS) is 10.9. The molecule has 0 aromatic carbocycles. The van der Waals surface area contributed by atoms with Crippen LogP contribution in [0.25, 0.3) is 0 Å². The molecular weight excluding hydrogens is 126 g/mol.